The topological polar surface area (TPSA) is 81.7 Å². The van der Waals surface area contributed by atoms with E-state index in [0.717, 1.165) is 6.07 Å². The van der Waals surface area contributed by atoms with Crippen LogP contribution in [0.15, 0.2) is 36.8 Å². The molecule has 0 radical (unpaired) electrons. The van der Waals surface area contributed by atoms with Gasteiger partial charge in [-0.2, -0.15) is 18.3 Å². The van der Waals surface area contributed by atoms with Gasteiger partial charge in [0.25, 0.3) is 5.91 Å². The zero-order valence-corrected chi connectivity index (χ0v) is 14.1. The predicted octanol–water partition coefficient (Wildman–Crippen LogP) is 2.07. The van der Waals surface area contributed by atoms with Crippen LogP contribution in [0.4, 0.5) is 18.9 Å². The smallest absolute Gasteiger partial charge is 0.308 e. The van der Waals surface area contributed by atoms with E-state index in [2.05, 4.69) is 20.4 Å². The molecule has 1 aliphatic heterocycles. The first-order chi connectivity index (χ1) is 12.8. The lowest BCUT2D eigenvalue weighted by atomic mass is 10.2. The zero-order chi connectivity index (χ0) is 19.2. The maximum absolute atomic E-state index is 12.8. The van der Waals surface area contributed by atoms with Gasteiger partial charge in [-0.3, -0.25) is 9.48 Å². The van der Waals surface area contributed by atoms with Crippen molar-refractivity contribution >= 4 is 11.6 Å². The Morgan fingerprint density at radius 2 is 2.00 bits per heavy atom. The van der Waals surface area contributed by atoms with E-state index in [4.69, 9.17) is 0 Å². The van der Waals surface area contributed by atoms with Gasteiger partial charge in [-0.05, 0) is 18.6 Å². The number of hydrogen-bond acceptors (Lipinski definition) is 5. The second kappa shape index (κ2) is 6.18. The van der Waals surface area contributed by atoms with Crippen LogP contribution in [0.3, 0.4) is 0 Å². The maximum atomic E-state index is 12.8. The van der Waals surface area contributed by atoms with Gasteiger partial charge >= 0.3 is 6.18 Å². The maximum Gasteiger partial charge on any atom is 0.433 e. The van der Waals surface area contributed by atoms with Crippen molar-refractivity contribution in [3.8, 4) is 11.4 Å². The largest absolute Gasteiger partial charge is 0.433 e. The molecule has 1 aliphatic rings. The fraction of sp³-hybridized carbons (Fsp3) is 0.312. The van der Waals surface area contributed by atoms with E-state index in [1.54, 1.807) is 29.0 Å². The second-order valence-electron chi connectivity index (χ2n) is 6.16. The van der Waals surface area contributed by atoms with E-state index >= 15 is 0 Å². The van der Waals surface area contributed by atoms with E-state index in [9.17, 15) is 18.0 Å². The molecule has 140 valence electrons. The summed E-state index contributed by atoms with van der Waals surface area (Å²) < 4.78 is 41.5. The number of amides is 1. The molecule has 3 aromatic rings. The third kappa shape index (κ3) is 3.15. The first-order valence-electron chi connectivity index (χ1n) is 8.09. The monoisotopic (exact) mass is 377 g/mol. The molecule has 1 unspecified atom stereocenters. The van der Waals surface area contributed by atoms with Gasteiger partial charge in [0.15, 0.2) is 0 Å². The van der Waals surface area contributed by atoms with Crippen molar-refractivity contribution in [3.63, 3.8) is 0 Å². The molecule has 0 bridgehead atoms. The molecule has 0 aliphatic carbocycles. The first-order valence-corrected chi connectivity index (χ1v) is 8.09. The summed E-state index contributed by atoms with van der Waals surface area (Å²) in [5.74, 6) is -0.170. The molecule has 0 saturated carbocycles. The van der Waals surface area contributed by atoms with Gasteiger partial charge in [-0.15, -0.1) is 5.10 Å². The number of hydrogen-bond donors (Lipinski definition) is 0. The Labute approximate surface area is 151 Å². The molecule has 4 rings (SSSR count). The molecule has 4 heterocycles. The van der Waals surface area contributed by atoms with Crippen molar-refractivity contribution in [1.29, 1.82) is 0 Å². The van der Waals surface area contributed by atoms with Gasteiger partial charge in [0.2, 0.25) is 0 Å². The summed E-state index contributed by atoms with van der Waals surface area (Å²) in [5.41, 5.74) is -0.0986. The normalized spacial score (nSPS) is 17.7. The minimum atomic E-state index is -4.54. The van der Waals surface area contributed by atoms with Crippen molar-refractivity contribution in [1.82, 2.24) is 29.8 Å². The molecule has 0 aromatic carbocycles. The van der Waals surface area contributed by atoms with E-state index < -0.39 is 17.9 Å². The number of anilines is 1. The Bertz CT molecular complexity index is 994. The summed E-state index contributed by atoms with van der Waals surface area (Å²) in [5, 5.41) is 11.9. The van der Waals surface area contributed by atoms with Gasteiger partial charge < -0.3 is 4.90 Å². The van der Waals surface area contributed by atoms with Crippen molar-refractivity contribution in [2.45, 2.75) is 18.6 Å². The highest BCUT2D eigenvalue weighted by Crippen LogP contribution is 2.30. The SMILES string of the molecule is Cn1cc(N2CCC(n3cc(-c4cccc(C(F)(F)F)n4)nn3)C2=O)cn1. The average molecular weight is 377 g/mol. The van der Waals surface area contributed by atoms with Crippen molar-refractivity contribution < 1.29 is 18.0 Å². The molecular weight excluding hydrogens is 363 g/mol. The van der Waals surface area contributed by atoms with Gasteiger partial charge in [-0.1, -0.05) is 11.3 Å². The number of nitrogens with zero attached hydrogens (tertiary/aromatic N) is 7. The highest BCUT2D eigenvalue weighted by molar-refractivity contribution is 5.98. The number of rotatable bonds is 3. The molecule has 3 aromatic heterocycles. The fourth-order valence-corrected chi connectivity index (χ4v) is 3.00. The first kappa shape index (κ1) is 17.2. The summed E-state index contributed by atoms with van der Waals surface area (Å²) in [6.07, 6.45) is 0.737. The summed E-state index contributed by atoms with van der Waals surface area (Å²) in [6, 6.07) is 2.99. The summed E-state index contributed by atoms with van der Waals surface area (Å²) >= 11 is 0. The summed E-state index contributed by atoms with van der Waals surface area (Å²) in [4.78, 5) is 17.9. The number of pyridine rings is 1. The van der Waals surface area contributed by atoms with E-state index in [1.807, 2.05) is 0 Å². The summed E-state index contributed by atoms with van der Waals surface area (Å²) in [6.45, 7) is 0.492. The van der Waals surface area contributed by atoms with Crippen LogP contribution in [0.5, 0.6) is 0 Å². The predicted molar refractivity (Wildman–Crippen MR) is 87.5 cm³/mol. The number of aromatic nitrogens is 6. The lowest BCUT2D eigenvalue weighted by Gasteiger charge is -2.13. The Balaban J connectivity index is 1.58. The molecule has 1 saturated heterocycles. The van der Waals surface area contributed by atoms with Crippen LogP contribution in [0.25, 0.3) is 11.4 Å². The van der Waals surface area contributed by atoms with Crippen LogP contribution in [0, 0.1) is 0 Å². The van der Waals surface area contributed by atoms with Crippen molar-refractivity contribution in [3.05, 3.63) is 42.5 Å². The molecule has 0 spiro atoms. The quantitative estimate of drug-likeness (QED) is 0.698. The summed E-state index contributed by atoms with van der Waals surface area (Å²) in [7, 11) is 1.76. The third-order valence-electron chi connectivity index (χ3n) is 4.31. The van der Waals surface area contributed by atoms with Crippen LogP contribution in [-0.2, 0) is 18.0 Å². The third-order valence-corrected chi connectivity index (χ3v) is 4.31. The van der Waals surface area contributed by atoms with Crippen LogP contribution < -0.4 is 4.90 Å². The van der Waals surface area contributed by atoms with Crippen LogP contribution in [-0.4, -0.2) is 42.2 Å². The van der Waals surface area contributed by atoms with Crippen molar-refractivity contribution in [2.24, 2.45) is 7.05 Å². The minimum absolute atomic E-state index is 0.0469. The molecule has 1 fully saturated rings. The fourth-order valence-electron chi connectivity index (χ4n) is 3.00. The van der Waals surface area contributed by atoms with Crippen LogP contribution in [0.2, 0.25) is 0 Å². The highest BCUT2D eigenvalue weighted by atomic mass is 19.4. The Morgan fingerprint density at radius 3 is 2.70 bits per heavy atom. The molecule has 1 atom stereocenters. The van der Waals surface area contributed by atoms with Gasteiger partial charge in [0.1, 0.15) is 17.4 Å². The molecule has 11 heteroatoms. The average Bonchev–Trinajstić information content (AvgIpc) is 3.34. The lowest BCUT2D eigenvalue weighted by molar-refractivity contribution is -0.141. The highest BCUT2D eigenvalue weighted by Gasteiger charge is 2.36. The van der Waals surface area contributed by atoms with Gasteiger partial charge in [0.05, 0.1) is 23.8 Å². The number of alkyl halides is 3. The molecule has 0 N–H and O–H groups in total. The standard InChI is InChI=1S/C16H14F3N7O/c1-24-8-10(7-20-24)25-6-5-13(15(25)27)26-9-12(22-23-26)11-3-2-4-14(21-11)16(17,18)19/h2-4,7-9,13H,5-6H2,1H3. The lowest BCUT2D eigenvalue weighted by Crippen LogP contribution is -2.28. The van der Waals surface area contributed by atoms with Crippen LogP contribution in [0.1, 0.15) is 18.2 Å². The Kier molecular flexibility index (Phi) is 3.93. The van der Waals surface area contributed by atoms with E-state index in [-0.39, 0.29) is 17.3 Å². The molecule has 27 heavy (non-hydrogen) atoms. The Morgan fingerprint density at radius 1 is 1.19 bits per heavy atom. The molecule has 8 nitrogen and oxygen atoms in total. The van der Waals surface area contributed by atoms with Gasteiger partial charge in [-0.25, -0.2) is 9.67 Å². The van der Waals surface area contributed by atoms with E-state index in [0.29, 0.717) is 18.7 Å². The number of aryl methyl sites for hydroxylation is 1. The molecule has 1 amide bonds. The van der Waals surface area contributed by atoms with E-state index in [1.165, 1.54) is 23.0 Å². The van der Waals surface area contributed by atoms with Crippen molar-refractivity contribution in [2.75, 3.05) is 11.4 Å². The second-order valence-corrected chi connectivity index (χ2v) is 6.16. The number of halogens is 3. The Hall–Kier alpha value is -3.24. The van der Waals surface area contributed by atoms with Gasteiger partial charge in [0, 0.05) is 19.8 Å². The number of carbonyl (C=O) groups excluding carboxylic acids is 1. The van der Waals surface area contributed by atoms with Crippen LogP contribution >= 0.6 is 0 Å². The molecular formula is C16H14F3N7O. The number of carbonyl (C=O) groups is 1. The zero-order valence-electron chi connectivity index (χ0n) is 14.1. The minimum Gasteiger partial charge on any atom is -0.308 e.